The molecule has 0 bridgehead atoms. The van der Waals surface area contributed by atoms with E-state index in [9.17, 15) is 14.4 Å². The zero-order valence-electron chi connectivity index (χ0n) is 16.8. The van der Waals surface area contributed by atoms with Gasteiger partial charge in [0, 0.05) is 12.6 Å². The predicted molar refractivity (Wildman–Crippen MR) is 104 cm³/mol. The predicted octanol–water partition coefficient (Wildman–Crippen LogP) is 1.67. The fourth-order valence-corrected chi connectivity index (χ4v) is 4.00. The van der Waals surface area contributed by atoms with E-state index in [4.69, 9.17) is 4.74 Å². The Labute approximate surface area is 168 Å². The minimum absolute atomic E-state index is 0.00799. The van der Waals surface area contributed by atoms with Gasteiger partial charge in [0.1, 0.15) is 11.2 Å². The fraction of sp³-hybridized carbons (Fsp3) is 0.429. The molecular weight excluding hydrogens is 372 g/mol. The van der Waals surface area contributed by atoms with Gasteiger partial charge in [0.15, 0.2) is 5.69 Å². The number of benzene rings is 1. The number of imidazole rings is 1. The number of aromatic nitrogens is 2. The van der Waals surface area contributed by atoms with E-state index < -0.39 is 11.5 Å². The number of hydrogen-bond acceptors (Lipinski definition) is 5. The lowest BCUT2D eigenvalue weighted by molar-refractivity contribution is -0.133. The number of hydrogen-bond donors (Lipinski definition) is 1. The van der Waals surface area contributed by atoms with Gasteiger partial charge in [0.25, 0.3) is 5.91 Å². The molecule has 2 heterocycles. The van der Waals surface area contributed by atoms with Crippen molar-refractivity contribution >= 4 is 17.8 Å². The molecule has 0 unspecified atom stereocenters. The van der Waals surface area contributed by atoms with E-state index in [0.717, 1.165) is 24.0 Å². The lowest BCUT2D eigenvalue weighted by Crippen LogP contribution is -2.64. The molecule has 8 nitrogen and oxygen atoms in total. The Morgan fingerprint density at radius 2 is 2.10 bits per heavy atom. The summed E-state index contributed by atoms with van der Waals surface area (Å²) >= 11 is 0. The molecule has 2 aromatic rings. The van der Waals surface area contributed by atoms with Crippen molar-refractivity contribution < 1.29 is 19.1 Å². The van der Waals surface area contributed by atoms with Gasteiger partial charge in [-0.1, -0.05) is 29.8 Å². The summed E-state index contributed by atoms with van der Waals surface area (Å²) in [5, 5.41) is 2.98. The first-order valence-electron chi connectivity index (χ1n) is 9.66. The lowest BCUT2D eigenvalue weighted by Gasteiger charge is -2.44. The Bertz CT molecular complexity index is 994. The number of esters is 1. The summed E-state index contributed by atoms with van der Waals surface area (Å²) in [5.41, 5.74) is 1.23. The van der Waals surface area contributed by atoms with Crippen LogP contribution in [0.2, 0.25) is 0 Å². The Morgan fingerprint density at radius 3 is 2.76 bits per heavy atom. The SMILES string of the molecule is COC(=O)c1ncn2c1C(=O)N(C1CC1)[C@](C)(C(=O)NCc1cccc(C)c1)C2. The second-order valence-electron chi connectivity index (χ2n) is 7.91. The summed E-state index contributed by atoms with van der Waals surface area (Å²) in [4.78, 5) is 44.3. The molecular formula is C21H24N4O4. The first-order chi connectivity index (χ1) is 13.8. The molecule has 1 aromatic carbocycles. The highest BCUT2D eigenvalue weighted by molar-refractivity contribution is 6.06. The molecule has 0 radical (unpaired) electrons. The van der Waals surface area contributed by atoms with E-state index in [2.05, 4.69) is 10.3 Å². The van der Waals surface area contributed by atoms with Crippen LogP contribution in [0, 0.1) is 6.92 Å². The summed E-state index contributed by atoms with van der Waals surface area (Å²) in [5.74, 6) is -1.24. The highest BCUT2D eigenvalue weighted by atomic mass is 16.5. The number of methoxy groups -OCH3 is 1. The first-order valence-corrected chi connectivity index (χ1v) is 9.66. The van der Waals surface area contributed by atoms with Crippen molar-refractivity contribution in [3.8, 4) is 0 Å². The van der Waals surface area contributed by atoms with Gasteiger partial charge in [-0.15, -0.1) is 0 Å². The molecule has 1 aliphatic carbocycles. The molecule has 1 atom stereocenters. The molecule has 29 heavy (non-hydrogen) atoms. The molecule has 152 valence electrons. The molecule has 1 saturated carbocycles. The normalized spacial score (nSPS) is 20.9. The van der Waals surface area contributed by atoms with Crippen LogP contribution in [0.15, 0.2) is 30.6 Å². The average molecular weight is 396 g/mol. The van der Waals surface area contributed by atoms with Crippen LogP contribution >= 0.6 is 0 Å². The van der Waals surface area contributed by atoms with E-state index in [1.807, 2.05) is 31.2 Å². The summed E-state index contributed by atoms with van der Waals surface area (Å²) in [7, 11) is 1.25. The van der Waals surface area contributed by atoms with Crippen LogP contribution < -0.4 is 5.32 Å². The Balaban J connectivity index is 1.63. The molecule has 4 rings (SSSR count). The van der Waals surface area contributed by atoms with Crippen LogP contribution in [0.3, 0.4) is 0 Å². The van der Waals surface area contributed by atoms with Crippen LogP contribution in [-0.4, -0.2) is 50.9 Å². The van der Waals surface area contributed by atoms with Gasteiger partial charge in [0.05, 0.1) is 20.0 Å². The highest BCUT2D eigenvalue weighted by Gasteiger charge is 2.53. The van der Waals surface area contributed by atoms with E-state index in [0.29, 0.717) is 6.54 Å². The molecule has 1 fully saturated rings. The summed E-state index contributed by atoms with van der Waals surface area (Å²) in [6.45, 7) is 4.39. The van der Waals surface area contributed by atoms with Crippen molar-refractivity contribution in [2.75, 3.05) is 7.11 Å². The number of carbonyl (C=O) groups is 3. The topological polar surface area (TPSA) is 93.5 Å². The third-order valence-electron chi connectivity index (χ3n) is 5.58. The largest absolute Gasteiger partial charge is 0.464 e. The quantitative estimate of drug-likeness (QED) is 0.776. The van der Waals surface area contributed by atoms with Crippen molar-refractivity contribution in [3.05, 3.63) is 53.1 Å². The number of aryl methyl sites for hydroxylation is 1. The number of rotatable bonds is 5. The zero-order chi connectivity index (χ0) is 20.8. The van der Waals surface area contributed by atoms with E-state index in [1.54, 1.807) is 16.4 Å². The minimum atomic E-state index is -1.07. The Kier molecular flexibility index (Phi) is 4.64. The molecule has 0 saturated heterocycles. The van der Waals surface area contributed by atoms with Gasteiger partial charge in [-0.05, 0) is 32.3 Å². The molecule has 1 N–H and O–H groups in total. The monoisotopic (exact) mass is 396 g/mol. The van der Waals surface area contributed by atoms with E-state index in [-0.39, 0.29) is 35.8 Å². The fourth-order valence-electron chi connectivity index (χ4n) is 4.00. The molecule has 2 aliphatic rings. The van der Waals surface area contributed by atoms with Crippen LogP contribution in [0.4, 0.5) is 0 Å². The second kappa shape index (κ2) is 7.02. The summed E-state index contributed by atoms with van der Waals surface area (Å²) in [6, 6.07) is 7.92. The number of nitrogens with zero attached hydrogens (tertiary/aromatic N) is 3. The van der Waals surface area contributed by atoms with Crippen LogP contribution in [0.5, 0.6) is 0 Å². The van der Waals surface area contributed by atoms with E-state index in [1.165, 1.54) is 13.4 Å². The van der Waals surface area contributed by atoms with Gasteiger partial charge < -0.3 is 19.5 Å². The lowest BCUT2D eigenvalue weighted by atomic mass is 9.93. The average Bonchev–Trinajstić information content (AvgIpc) is 3.43. The van der Waals surface area contributed by atoms with Gasteiger partial charge in [-0.3, -0.25) is 9.59 Å². The number of nitrogens with one attached hydrogen (secondary N) is 1. The van der Waals surface area contributed by atoms with Gasteiger partial charge in [0.2, 0.25) is 5.91 Å². The van der Waals surface area contributed by atoms with Crippen molar-refractivity contribution in [1.82, 2.24) is 19.8 Å². The maximum absolute atomic E-state index is 13.3. The van der Waals surface area contributed by atoms with Crippen LogP contribution in [0.25, 0.3) is 0 Å². The number of carbonyl (C=O) groups excluding carboxylic acids is 3. The first kappa shape index (κ1) is 19.2. The molecule has 2 amide bonds. The van der Waals surface area contributed by atoms with Crippen molar-refractivity contribution in [1.29, 1.82) is 0 Å². The maximum atomic E-state index is 13.3. The number of ether oxygens (including phenoxy) is 1. The van der Waals surface area contributed by atoms with Crippen LogP contribution in [0.1, 0.15) is 51.9 Å². The Morgan fingerprint density at radius 1 is 1.34 bits per heavy atom. The molecule has 1 aromatic heterocycles. The third-order valence-corrected chi connectivity index (χ3v) is 5.58. The highest BCUT2D eigenvalue weighted by Crippen LogP contribution is 2.38. The zero-order valence-corrected chi connectivity index (χ0v) is 16.8. The summed E-state index contributed by atoms with van der Waals surface area (Å²) < 4.78 is 6.34. The van der Waals surface area contributed by atoms with Crippen molar-refractivity contribution in [3.63, 3.8) is 0 Å². The van der Waals surface area contributed by atoms with Gasteiger partial charge in [-0.2, -0.15) is 0 Å². The maximum Gasteiger partial charge on any atom is 0.359 e. The molecule has 0 spiro atoms. The third kappa shape index (κ3) is 3.28. The second-order valence-corrected chi connectivity index (χ2v) is 7.91. The van der Waals surface area contributed by atoms with Gasteiger partial charge in [-0.25, -0.2) is 9.78 Å². The van der Waals surface area contributed by atoms with E-state index >= 15 is 0 Å². The summed E-state index contributed by atoms with van der Waals surface area (Å²) in [6.07, 6.45) is 3.11. The van der Waals surface area contributed by atoms with Crippen molar-refractivity contribution in [2.45, 2.75) is 51.4 Å². The smallest absolute Gasteiger partial charge is 0.359 e. The molecule has 8 heteroatoms. The standard InChI is InChI=1S/C21H24N4O4/c1-13-5-4-6-14(9-13)10-22-20(28)21(2)11-24-12-23-16(19(27)29-3)17(24)18(26)25(21)15-7-8-15/h4-6,9,12,15H,7-8,10-11H2,1-3H3,(H,22,28)/t21-/m0/s1. The number of amides is 2. The molecule has 1 aliphatic heterocycles. The number of fused-ring (bicyclic) bond motifs is 1. The Hall–Kier alpha value is -3.16. The van der Waals surface area contributed by atoms with Gasteiger partial charge >= 0.3 is 5.97 Å². The van der Waals surface area contributed by atoms with Crippen LogP contribution in [-0.2, 0) is 22.6 Å². The van der Waals surface area contributed by atoms with Crippen molar-refractivity contribution in [2.24, 2.45) is 0 Å². The minimum Gasteiger partial charge on any atom is -0.464 e.